The Morgan fingerprint density at radius 3 is 3.15 bits per heavy atom. The normalized spacial score (nSPS) is 25.8. The quantitative estimate of drug-likeness (QED) is 0.616. The zero-order valence-corrected chi connectivity index (χ0v) is 8.97. The van der Waals surface area contributed by atoms with Gasteiger partial charge in [-0.3, -0.25) is 0 Å². The van der Waals surface area contributed by atoms with Gasteiger partial charge >= 0.3 is 0 Å². The van der Waals surface area contributed by atoms with E-state index >= 15 is 0 Å². The van der Waals surface area contributed by atoms with Crippen LogP contribution in [0.1, 0.15) is 19.8 Å². The highest BCUT2D eigenvalue weighted by Gasteiger charge is 2.12. The minimum absolute atomic E-state index is 0.664. The fourth-order valence-electron chi connectivity index (χ4n) is 1.88. The van der Waals surface area contributed by atoms with Crippen LogP contribution in [-0.2, 0) is 0 Å². The molecule has 13 heavy (non-hydrogen) atoms. The van der Waals surface area contributed by atoms with Crippen molar-refractivity contribution in [2.75, 3.05) is 39.8 Å². The van der Waals surface area contributed by atoms with Gasteiger partial charge in [0, 0.05) is 12.6 Å². The molecule has 1 aliphatic heterocycles. The zero-order chi connectivity index (χ0) is 9.52. The molecule has 2 N–H and O–H groups in total. The van der Waals surface area contributed by atoms with Gasteiger partial charge in [-0.1, -0.05) is 0 Å². The van der Waals surface area contributed by atoms with Crippen molar-refractivity contribution in [2.24, 2.45) is 0 Å². The average molecular weight is 185 g/mol. The predicted molar refractivity (Wildman–Crippen MR) is 57.1 cm³/mol. The first kappa shape index (κ1) is 11.0. The third-order valence-corrected chi connectivity index (χ3v) is 2.58. The lowest BCUT2D eigenvalue weighted by Gasteiger charge is -2.21. The van der Waals surface area contributed by atoms with Gasteiger partial charge in [-0.2, -0.15) is 0 Å². The molecule has 3 nitrogen and oxygen atoms in total. The van der Waals surface area contributed by atoms with E-state index in [0.717, 1.165) is 6.54 Å². The number of nitrogens with zero attached hydrogens (tertiary/aromatic N) is 1. The van der Waals surface area contributed by atoms with Crippen LogP contribution in [0.15, 0.2) is 0 Å². The van der Waals surface area contributed by atoms with E-state index in [9.17, 15) is 0 Å². The molecular formula is C10H23N3. The van der Waals surface area contributed by atoms with Gasteiger partial charge in [0.05, 0.1) is 0 Å². The zero-order valence-electron chi connectivity index (χ0n) is 8.97. The summed E-state index contributed by atoms with van der Waals surface area (Å²) in [5.41, 5.74) is 0. The lowest BCUT2D eigenvalue weighted by molar-refractivity contribution is 0.269. The molecule has 0 aromatic rings. The number of hydrogen-bond acceptors (Lipinski definition) is 3. The van der Waals surface area contributed by atoms with Gasteiger partial charge in [0.15, 0.2) is 0 Å². The number of nitrogens with one attached hydrogen (secondary N) is 2. The van der Waals surface area contributed by atoms with E-state index in [1.165, 1.54) is 39.0 Å². The Bertz CT molecular complexity index is 127. The third kappa shape index (κ3) is 4.60. The molecule has 0 aromatic carbocycles. The summed E-state index contributed by atoms with van der Waals surface area (Å²) in [6.07, 6.45) is 2.56. The van der Waals surface area contributed by atoms with Crippen LogP contribution in [0.2, 0.25) is 0 Å². The monoisotopic (exact) mass is 185 g/mol. The fraction of sp³-hybridized carbons (Fsp3) is 1.00. The summed E-state index contributed by atoms with van der Waals surface area (Å²) in [5.74, 6) is 0. The summed E-state index contributed by atoms with van der Waals surface area (Å²) >= 11 is 0. The van der Waals surface area contributed by atoms with Crippen LogP contribution in [0.25, 0.3) is 0 Å². The topological polar surface area (TPSA) is 27.3 Å². The smallest absolute Gasteiger partial charge is 0.0166 e. The molecule has 1 heterocycles. The van der Waals surface area contributed by atoms with E-state index in [1.54, 1.807) is 0 Å². The molecule has 1 rings (SSSR count). The highest BCUT2D eigenvalue weighted by molar-refractivity contribution is 4.72. The van der Waals surface area contributed by atoms with Gasteiger partial charge in [-0.25, -0.2) is 0 Å². The molecule has 1 unspecified atom stereocenters. The van der Waals surface area contributed by atoms with Crippen LogP contribution in [0.5, 0.6) is 0 Å². The minimum atomic E-state index is 0.664. The van der Waals surface area contributed by atoms with Gasteiger partial charge in [-0.05, 0) is 53.0 Å². The SMILES string of the molecule is CNCCCN1CCCNC(C)C1. The van der Waals surface area contributed by atoms with Crippen molar-refractivity contribution < 1.29 is 0 Å². The molecule has 0 saturated carbocycles. The second kappa shape index (κ2) is 6.35. The molecule has 1 saturated heterocycles. The Morgan fingerprint density at radius 1 is 1.54 bits per heavy atom. The predicted octanol–water partition coefficient (Wildman–Crippen LogP) is 0.280. The maximum atomic E-state index is 3.51. The van der Waals surface area contributed by atoms with Crippen LogP contribution in [-0.4, -0.2) is 50.7 Å². The second-order valence-electron chi connectivity index (χ2n) is 3.97. The summed E-state index contributed by atoms with van der Waals surface area (Å²) < 4.78 is 0. The van der Waals surface area contributed by atoms with Crippen molar-refractivity contribution in [1.82, 2.24) is 15.5 Å². The molecule has 0 aromatic heterocycles. The molecule has 0 bridgehead atoms. The molecule has 3 heteroatoms. The Labute approximate surface area is 81.9 Å². The van der Waals surface area contributed by atoms with Crippen molar-refractivity contribution in [1.29, 1.82) is 0 Å². The standard InChI is InChI=1S/C10H23N3/c1-10-9-13(7-3-5-11-2)8-4-6-12-10/h10-12H,3-9H2,1-2H3. The van der Waals surface area contributed by atoms with Crippen LogP contribution >= 0.6 is 0 Å². The van der Waals surface area contributed by atoms with E-state index in [2.05, 4.69) is 22.5 Å². The lowest BCUT2D eigenvalue weighted by Crippen LogP contribution is -2.36. The van der Waals surface area contributed by atoms with Gasteiger partial charge in [0.1, 0.15) is 0 Å². The van der Waals surface area contributed by atoms with E-state index in [1.807, 2.05) is 7.05 Å². The minimum Gasteiger partial charge on any atom is -0.320 e. The highest BCUT2D eigenvalue weighted by atomic mass is 15.2. The van der Waals surface area contributed by atoms with E-state index < -0.39 is 0 Å². The third-order valence-electron chi connectivity index (χ3n) is 2.58. The van der Waals surface area contributed by atoms with Crippen molar-refractivity contribution in [3.63, 3.8) is 0 Å². The summed E-state index contributed by atoms with van der Waals surface area (Å²) in [4.78, 5) is 2.57. The summed E-state index contributed by atoms with van der Waals surface area (Å²) in [6, 6.07) is 0.664. The molecular weight excluding hydrogens is 162 g/mol. The van der Waals surface area contributed by atoms with E-state index in [4.69, 9.17) is 0 Å². The first-order valence-corrected chi connectivity index (χ1v) is 5.43. The van der Waals surface area contributed by atoms with E-state index in [0.29, 0.717) is 6.04 Å². The summed E-state index contributed by atoms with van der Waals surface area (Å²) in [7, 11) is 2.02. The Morgan fingerprint density at radius 2 is 2.38 bits per heavy atom. The first-order valence-electron chi connectivity index (χ1n) is 5.43. The molecule has 1 aliphatic rings. The first-order chi connectivity index (χ1) is 6.33. The van der Waals surface area contributed by atoms with Crippen molar-refractivity contribution in [3.8, 4) is 0 Å². The second-order valence-corrected chi connectivity index (χ2v) is 3.97. The molecule has 78 valence electrons. The summed E-state index contributed by atoms with van der Waals surface area (Å²) in [6.45, 7) is 8.32. The molecule has 1 fully saturated rings. The number of rotatable bonds is 4. The van der Waals surface area contributed by atoms with Gasteiger partial charge in [0.25, 0.3) is 0 Å². The van der Waals surface area contributed by atoms with Gasteiger partial charge in [-0.15, -0.1) is 0 Å². The molecule has 0 amide bonds. The fourth-order valence-corrected chi connectivity index (χ4v) is 1.88. The maximum absolute atomic E-state index is 3.51. The maximum Gasteiger partial charge on any atom is 0.0166 e. The Balaban J connectivity index is 2.15. The largest absolute Gasteiger partial charge is 0.320 e. The Hall–Kier alpha value is -0.120. The lowest BCUT2D eigenvalue weighted by atomic mass is 10.3. The van der Waals surface area contributed by atoms with Crippen LogP contribution in [0, 0.1) is 0 Å². The van der Waals surface area contributed by atoms with Gasteiger partial charge in [0.2, 0.25) is 0 Å². The Kier molecular flexibility index (Phi) is 5.35. The van der Waals surface area contributed by atoms with Crippen molar-refractivity contribution >= 4 is 0 Å². The van der Waals surface area contributed by atoms with Crippen molar-refractivity contribution in [3.05, 3.63) is 0 Å². The van der Waals surface area contributed by atoms with Crippen LogP contribution < -0.4 is 10.6 Å². The van der Waals surface area contributed by atoms with E-state index in [-0.39, 0.29) is 0 Å². The molecule has 1 atom stereocenters. The average Bonchev–Trinajstić information content (AvgIpc) is 2.31. The molecule has 0 aliphatic carbocycles. The summed E-state index contributed by atoms with van der Waals surface area (Å²) in [5, 5.41) is 6.70. The number of hydrogen-bond donors (Lipinski definition) is 2. The van der Waals surface area contributed by atoms with Crippen molar-refractivity contribution in [2.45, 2.75) is 25.8 Å². The molecule has 0 spiro atoms. The van der Waals surface area contributed by atoms with Crippen LogP contribution in [0.4, 0.5) is 0 Å². The van der Waals surface area contributed by atoms with Gasteiger partial charge < -0.3 is 15.5 Å². The van der Waals surface area contributed by atoms with Crippen LogP contribution in [0.3, 0.4) is 0 Å². The molecule has 0 radical (unpaired) electrons. The highest BCUT2D eigenvalue weighted by Crippen LogP contribution is 2.00.